The predicted molar refractivity (Wildman–Crippen MR) is 52.2 cm³/mol. The number of hydrogen-bond donors (Lipinski definition) is 1. The van der Waals surface area contributed by atoms with Crippen molar-refractivity contribution in [2.45, 2.75) is 25.8 Å². The van der Waals surface area contributed by atoms with Gasteiger partial charge in [-0.1, -0.05) is 13.8 Å². The van der Waals surface area contributed by atoms with Gasteiger partial charge in [0.25, 0.3) is 0 Å². The molecule has 2 heterocycles. The Kier molecular flexibility index (Phi) is 2.84. The number of nitrogens with zero attached hydrogens (tertiary/aromatic N) is 1. The summed E-state index contributed by atoms with van der Waals surface area (Å²) in [7, 11) is 0. The van der Waals surface area contributed by atoms with Gasteiger partial charge in [-0.2, -0.15) is 0 Å². The molecule has 0 amide bonds. The topological polar surface area (TPSA) is 47.3 Å². The van der Waals surface area contributed by atoms with Crippen LogP contribution in [0.25, 0.3) is 0 Å². The quantitative estimate of drug-likeness (QED) is 0.778. The molecular weight excluding hydrogens is 180 g/mol. The molecule has 0 spiro atoms. The third-order valence-corrected chi connectivity index (χ3v) is 2.33. The van der Waals surface area contributed by atoms with Gasteiger partial charge in [0.05, 0.1) is 19.4 Å². The van der Waals surface area contributed by atoms with Gasteiger partial charge in [-0.05, 0) is 0 Å². The highest BCUT2D eigenvalue weighted by Gasteiger charge is 2.20. The summed E-state index contributed by atoms with van der Waals surface area (Å²) in [5, 5.41) is 3.31. The van der Waals surface area contributed by atoms with Gasteiger partial charge in [-0.15, -0.1) is 0 Å². The van der Waals surface area contributed by atoms with Crippen molar-refractivity contribution in [3.8, 4) is 0 Å². The first kappa shape index (κ1) is 9.68. The number of ether oxygens (including phenoxy) is 1. The summed E-state index contributed by atoms with van der Waals surface area (Å²) < 4.78 is 11.0. The van der Waals surface area contributed by atoms with E-state index >= 15 is 0 Å². The van der Waals surface area contributed by atoms with E-state index in [0.29, 0.717) is 12.5 Å². The van der Waals surface area contributed by atoms with Crippen LogP contribution in [0.5, 0.6) is 0 Å². The number of hydrogen-bond acceptors (Lipinski definition) is 4. The summed E-state index contributed by atoms with van der Waals surface area (Å²) in [5.41, 5.74) is 0. The van der Waals surface area contributed by atoms with Crippen molar-refractivity contribution in [2.24, 2.45) is 0 Å². The summed E-state index contributed by atoms with van der Waals surface area (Å²) in [6.45, 7) is 6.47. The number of rotatable bonds is 2. The van der Waals surface area contributed by atoms with Gasteiger partial charge in [-0.25, -0.2) is 4.98 Å². The Bertz CT molecular complexity index is 290. The van der Waals surface area contributed by atoms with Crippen molar-refractivity contribution >= 4 is 0 Å². The lowest BCUT2D eigenvalue weighted by molar-refractivity contribution is 0.0676. The number of morpholine rings is 1. The van der Waals surface area contributed by atoms with E-state index in [1.165, 1.54) is 0 Å². The van der Waals surface area contributed by atoms with Crippen molar-refractivity contribution in [2.75, 3.05) is 19.8 Å². The summed E-state index contributed by atoms with van der Waals surface area (Å²) in [4.78, 5) is 4.25. The Morgan fingerprint density at radius 2 is 2.43 bits per heavy atom. The van der Waals surface area contributed by atoms with Crippen LogP contribution in [0.2, 0.25) is 0 Å². The molecule has 1 saturated heterocycles. The summed E-state index contributed by atoms with van der Waals surface area (Å²) >= 11 is 0. The Morgan fingerprint density at radius 3 is 3.00 bits per heavy atom. The van der Waals surface area contributed by atoms with Crippen molar-refractivity contribution in [3.05, 3.63) is 17.8 Å². The SMILES string of the molecule is CC(C)c1cnc(C2COCCN2)o1. The van der Waals surface area contributed by atoms with Crippen LogP contribution in [0.3, 0.4) is 0 Å². The van der Waals surface area contributed by atoms with Gasteiger partial charge in [-0.3, -0.25) is 0 Å². The fourth-order valence-corrected chi connectivity index (χ4v) is 1.45. The van der Waals surface area contributed by atoms with Crippen LogP contribution in [-0.4, -0.2) is 24.7 Å². The Balaban J connectivity index is 2.07. The van der Waals surface area contributed by atoms with Crippen LogP contribution in [0.1, 0.15) is 37.5 Å². The lowest BCUT2D eigenvalue weighted by Gasteiger charge is -2.20. The zero-order valence-electron chi connectivity index (χ0n) is 8.62. The Hall–Kier alpha value is -0.870. The van der Waals surface area contributed by atoms with Crippen molar-refractivity contribution in [3.63, 3.8) is 0 Å². The highest BCUT2D eigenvalue weighted by atomic mass is 16.5. The first-order chi connectivity index (χ1) is 6.77. The van der Waals surface area contributed by atoms with E-state index in [-0.39, 0.29) is 6.04 Å². The third kappa shape index (κ3) is 1.96. The fourth-order valence-electron chi connectivity index (χ4n) is 1.45. The van der Waals surface area contributed by atoms with E-state index in [9.17, 15) is 0 Å². The summed E-state index contributed by atoms with van der Waals surface area (Å²) in [5.74, 6) is 2.07. The molecule has 1 aliphatic heterocycles. The normalized spacial score (nSPS) is 22.9. The molecule has 1 aromatic rings. The van der Waals surface area contributed by atoms with Gasteiger partial charge in [0.2, 0.25) is 5.89 Å². The first-order valence-corrected chi connectivity index (χ1v) is 5.04. The molecule has 1 fully saturated rings. The first-order valence-electron chi connectivity index (χ1n) is 5.04. The Morgan fingerprint density at radius 1 is 1.57 bits per heavy atom. The van der Waals surface area contributed by atoms with E-state index in [1.54, 1.807) is 6.20 Å². The number of nitrogens with one attached hydrogen (secondary N) is 1. The maximum Gasteiger partial charge on any atom is 0.213 e. The summed E-state index contributed by atoms with van der Waals surface area (Å²) in [6, 6.07) is 0.122. The van der Waals surface area contributed by atoms with E-state index in [2.05, 4.69) is 24.1 Å². The molecule has 1 atom stereocenters. The van der Waals surface area contributed by atoms with Crippen LogP contribution in [0, 0.1) is 0 Å². The largest absolute Gasteiger partial charge is 0.444 e. The number of oxazole rings is 1. The standard InChI is InChI=1S/C10H16N2O2/c1-7(2)9-5-12-10(14-9)8-6-13-4-3-11-8/h5,7-8,11H,3-4,6H2,1-2H3. The number of aromatic nitrogens is 1. The zero-order valence-corrected chi connectivity index (χ0v) is 8.62. The molecule has 1 aromatic heterocycles. The highest BCUT2D eigenvalue weighted by Crippen LogP contribution is 2.20. The maximum atomic E-state index is 5.63. The third-order valence-electron chi connectivity index (χ3n) is 2.33. The molecule has 0 aromatic carbocycles. The monoisotopic (exact) mass is 196 g/mol. The molecule has 0 aliphatic carbocycles. The molecule has 0 saturated carbocycles. The van der Waals surface area contributed by atoms with E-state index in [0.717, 1.165) is 24.8 Å². The predicted octanol–water partition coefficient (Wildman–Crippen LogP) is 1.46. The molecule has 4 nitrogen and oxygen atoms in total. The average Bonchev–Trinajstić information content (AvgIpc) is 2.68. The maximum absolute atomic E-state index is 5.63. The summed E-state index contributed by atoms with van der Waals surface area (Å²) in [6.07, 6.45) is 1.80. The van der Waals surface area contributed by atoms with Crippen LogP contribution in [-0.2, 0) is 4.74 Å². The fraction of sp³-hybridized carbons (Fsp3) is 0.700. The lowest BCUT2D eigenvalue weighted by Crippen LogP contribution is -2.34. The van der Waals surface area contributed by atoms with Crippen LogP contribution >= 0.6 is 0 Å². The van der Waals surface area contributed by atoms with E-state index < -0.39 is 0 Å². The second-order valence-corrected chi connectivity index (χ2v) is 3.84. The van der Waals surface area contributed by atoms with Gasteiger partial charge in [0, 0.05) is 12.5 Å². The van der Waals surface area contributed by atoms with Gasteiger partial charge >= 0.3 is 0 Å². The molecule has 1 N–H and O–H groups in total. The second kappa shape index (κ2) is 4.11. The second-order valence-electron chi connectivity index (χ2n) is 3.84. The molecule has 4 heteroatoms. The van der Waals surface area contributed by atoms with Crippen molar-refractivity contribution in [1.82, 2.24) is 10.3 Å². The molecule has 0 radical (unpaired) electrons. The molecule has 2 rings (SSSR count). The molecule has 0 bridgehead atoms. The van der Waals surface area contributed by atoms with Crippen LogP contribution < -0.4 is 5.32 Å². The molecule has 14 heavy (non-hydrogen) atoms. The lowest BCUT2D eigenvalue weighted by atomic mass is 10.2. The van der Waals surface area contributed by atoms with Crippen LogP contribution in [0.4, 0.5) is 0 Å². The smallest absolute Gasteiger partial charge is 0.213 e. The molecule has 78 valence electrons. The minimum absolute atomic E-state index is 0.122. The average molecular weight is 196 g/mol. The van der Waals surface area contributed by atoms with Gasteiger partial charge in [0.15, 0.2) is 0 Å². The van der Waals surface area contributed by atoms with Crippen molar-refractivity contribution < 1.29 is 9.15 Å². The van der Waals surface area contributed by atoms with E-state index in [1.807, 2.05) is 0 Å². The van der Waals surface area contributed by atoms with Crippen LogP contribution in [0.15, 0.2) is 10.6 Å². The zero-order chi connectivity index (χ0) is 9.97. The molecular formula is C10H16N2O2. The van der Waals surface area contributed by atoms with E-state index in [4.69, 9.17) is 9.15 Å². The molecule has 1 unspecified atom stereocenters. The van der Waals surface area contributed by atoms with Gasteiger partial charge < -0.3 is 14.5 Å². The van der Waals surface area contributed by atoms with Crippen molar-refractivity contribution in [1.29, 1.82) is 0 Å². The van der Waals surface area contributed by atoms with Gasteiger partial charge in [0.1, 0.15) is 11.8 Å². The Labute approximate surface area is 83.7 Å². The minimum Gasteiger partial charge on any atom is -0.444 e. The minimum atomic E-state index is 0.122. The highest BCUT2D eigenvalue weighted by molar-refractivity contribution is 5.02. The molecule has 1 aliphatic rings.